The summed E-state index contributed by atoms with van der Waals surface area (Å²) in [6.07, 6.45) is 7.28. The molecule has 0 radical (unpaired) electrons. The molecular weight excluding hydrogens is 282 g/mol. The molecule has 0 aromatic carbocycles. The zero-order valence-corrected chi connectivity index (χ0v) is 12.5. The van der Waals surface area contributed by atoms with E-state index in [-0.39, 0.29) is 12.1 Å². The van der Waals surface area contributed by atoms with E-state index in [2.05, 4.69) is 20.4 Å². The second kappa shape index (κ2) is 6.55. The Kier molecular flexibility index (Phi) is 4.32. The molecule has 1 aliphatic heterocycles. The number of hydrogen-bond donors (Lipinski definition) is 1. The van der Waals surface area contributed by atoms with Crippen LogP contribution in [0.25, 0.3) is 0 Å². The van der Waals surface area contributed by atoms with E-state index in [0.717, 1.165) is 25.7 Å². The van der Waals surface area contributed by atoms with E-state index in [9.17, 15) is 4.79 Å². The van der Waals surface area contributed by atoms with Crippen molar-refractivity contribution in [1.29, 1.82) is 0 Å². The van der Waals surface area contributed by atoms with Crippen LogP contribution in [0.4, 0.5) is 10.5 Å². The van der Waals surface area contributed by atoms with Gasteiger partial charge in [-0.15, -0.1) is 0 Å². The molecular formula is C15H19N5O2. The maximum absolute atomic E-state index is 12.6. The van der Waals surface area contributed by atoms with Gasteiger partial charge in [-0.2, -0.15) is 4.98 Å². The fourth-order valence-electron chi connectivity index (χ4n) is 2.70. The maximum atomic E-state index is 12.6. The number of rotatable bonds is 2. The summed E-state index contributed by atoms with van der Waals surface area (Å²) < 4.78 is 5.08. The number of amides is 2. The number of likely N-dealkylation sites (tertiary alicyclic amines) is 1. The predicted molar refractivity (Wildman–Crippen MR) is 80.2 cm³/mol. The smallest absolute Gasteiger partial charge is 0.322 e. The van der Waals surface area contributed by atoms with E-state index >= 15 is 0 Å². The summed E-state index contributed by atoms with van der Waals surface area (Å²) in [6, 6.07) is 3.31. The highest BCUT2D eigenvalue weighted by molar-refractivity contribution is 5.89. The number of aryl methyl sites for hydroxylation is 1. The Hall–Kier alpha value is -2.44. The number of aromatic nitrogens is 3. The second-order valence-electron chi connectivity index (χ2n) is 5.40. The molecule has 1 fully saturated rings. The van der Waals surface area contributed by atoms with Crippen molar-refractivity contribution in [3.63, 3.8) is 0 Å². The van der Waals surface area contributed by atoms with E-state index < -0.39 is 0 Å². The zero-order chi connectivity index (χ0) is 15.4. The largest absolute Gasteiger partial charge is 0.340 e. The van der Waals surface area contributed by atoms with E-state index in [0.29, 0.717) is 23.9 Å². The maximum Gasteiger partial charge on any atom is 0.322 e. The third-order valence-electron chi connectivity index (χ3n) is 3.77. The Labute approximate surface area is 128 Å². The number of nitrogens with zero attached hydrogens (tertiary/aromatic N) is 4. The lowest BCUT2D eigenvalue weighted by Gasteiger charge is -2.27. The molecule has 2 aromatic rings. The number of carbonyl (C=O) groups excluding carboxylic acids is 1. The van der Waals surface area contributed by atoms with Crippen LogP contribution in [-0.4, -0.2) is 32.6 Å². The van der Waals surface area contributed by atoms with Crippen LogP contribution in [0.1, 0.15) is 43.4 Å². The first-order valence-corrected chi connectivity index (χ1v) is 7.52. The number of pyridine rings is 1. The van der Waals surface area contributed by atoms with Crippen LogP contribution in [0.15, 0.2) is 29.0 Å². The molecule has 22 heavy (non-hydrogen) atoms. The summed E-state index contributed by atoms with van der Waals surface area (Å²) in [5.74, 6) is 1.10. The van der Waals surface area contributed by atoms with Crippen molar-refractivity contribution in [3.05, 3.63) is 36.2 Å². The Morgan fingerprint density at radius 2 is 2.32 bits per heavy atom. The third kappa shape index (κ3) is 3.24. The highest BCUT2D eigenvalue weighted by atomic mass is 16.5. The van der Waals surface area contributed by atoms with Gasteiger partial charge in [-0.3, -0.25) is 4.98 Å². The molecule has 3 heterocycles. The summed E-state index contributed by atoms with van der Waals surface area (Å²) in [4.78, 5) is 22.7. The Morgan fingerprint density at radius 1 is 1.41 bits per heavy atom. The topological polar surface area (TPSA) is 84.2 Å². The minimum atomic E-state index is -0.151. The number of urea groups is 1. The summed E-state index contributed by atoms with van der Waals surface area (Å²) in [5, 5.41) is 6.88. The van der Waals surface area contributed by atoms with Crippen molar-refractivity contribution in [2.75, 3.05) is 11.9 Å². The number of carbonyl (C=O) groups is 1. The predicted octanol–water partition coefficient (Wildman–Crippen LogP) is 2.92. The van der Waals surface area contributed by atoms with Gasteiger partial charge in [0.2, 0.25) is 5.89 Å². The lowest BCUT2D eigenvalue weighted by Crippen LogP contribution is -2.38. The molecule has 0 bridgehead atoms. The molecule has 3 rings (SSSR count). The van der Waals surface area contributed by atoms with Gasteiger partial charge in [0.1, 0.15) is 0 Å². The molecule has 1 N–H and O–H groups in total. The molecule has 2 aromatic heterocycles. The van der Waals surface area contributed by atoms with Crippen LogP contribution in [-0.2, 0) is 0 Å². The second-order valence-corrected chi connectivity index (χ2v) is 5.40. The molecule has 7 nitrogen and oxygen atoms in total. The molecule has 2 amide bonds. The molecule has 1 atom stereocenters. The lowest BCUT2D eigenvalue weighted by molar-refractivity contribution is 0.184. The van der Waals surface area contributed by atoms with E-state index in [1.807, 2.05) is 6.07 Å². The first-order chi connectivity index (χ1) is 10.7. The molecule has 0 saturated carbocycles. The van der Waals surface area contributed by atoms with Gasteiger partial charge in [0.25, 0.3) is 0 Å². The first-order valence-electron chi connectivity index (χ1n) is 7.52. The first kappa shape index (κ1) is 14.5. The van der Waals surface area contributed by atoms with Crippen molar-refractivity contribution >= 4 is 11.7 Å². The van der Waals surface area contributed by atoms with Crippen LogP contribution in [0.5, 0.6) is 0 Å². The van der Waals surface area contributed by atoms with Gasteiger partial charge in [-0.25, -0.2) is 4.79 Å². The molecule has 1 aliphatic rings. The minimum Gasteiger partial charge on any atom is -0.340 e. The highest BCUT2D eigenvalue weighted by Crippen LogP contribution is 2.29. The van der Waals surface area contributed by atoms with Gasteiger partial charge in [0, 0.05) is 19.7 Å². The van der Waals surface area contributed by atoms with Crippen molar-refractivity contribution in [3.8, 4) is 0 Å². The molecule has 0 aliphatic carbocycles. The van der Waals surface area contributed by atoms with E-state index in [4.69, 9.17) is 4.52 Å². The summed E-state index contributed by atoms with van der Waals surface area (Å²) in [6.45, 7) is 2.44. The van der Waals surface area contributed by atoms with Crippen LogP contribution in [0.3, 0.4) is 0 Å². The summed E-state index contributed by atoms with van der Waals surface area (Å²) in [5.41, 5.74) is 0.680. The van der Waals surface area contributed by atoms with Crippen molar-refractivity contribution in [2.24, 2.45) is 0 Å². The molecule has 0 spiro atoms. The van der Waals surface area contributed by atoms with E-state index in [1.165, 1.54) is 0 Å². The fourth-order valence-corrected chi connectivity index (χ4v) is 2.70. The average Bonchev–Trinajstić information content (AvgIpc) is 2.81. The Balaban J connectivity index is 1.79. The number of hydrogen-bond acceptors (Lipinski definition) is 5. The van der Waals surface area contributed by atoms with Crippen molar-refractivity contribution < 1.29 is 9.32 Å². The van der Waals surface area contributed by atoms with Gasteiger partial charge in [-0.05, 0) is 25.0 Å². The van der Waals surface area contributed by atoms with Crippen LogP contribution >= 0.6 is 0 Å². The zero-order valence-electron chi connectivity index (χ0n) is 12.5. The van der Waals surface area contributed by atoms with Gasteiger partial charge in [0.15, 0.2) is 5.82 Å². The standard InChI is InChI=1S/C15H19N5O2/c1-11-17-14(19-22-11)13-7-3-2-4-9-20(13)15(21)18-12-6-5-8-16-10-12/h5-6,8,10,13H,2-4,7,9H2,1H3,(H,18,21)/t13-/m1/s1. The SMILES string of the molecule is Cc1nc([C@H]2CCCCCN2C(=O)Nc2cccnc2)no1. The summed E-state index contributed by atoms with van der Waals surface area (Å²) in [7, 11) is 0. The monoisotopic (exact) mass is 301 g/mol. The van der Waals surface area contributed by atoms with Crippen LogP contribution < -0.4 is 5.32 Å². The summed E-state index contributed by atoms with van der Waals surface area (Å²) >= 11 is 0. The van der Waals surface area contributed by atoms with Gasteiger partial charge < -0.3 is 14.7 Å². The van der Waals surface area contributed by atoms with Crippen LogP contribution in [0.2, 0.25) is 0 Å². The third-order valence-corrected chi connectivity index (χ3v) is 3.77. The molecule has 1 saturated heterocycles. The normalized spacial score (nSPS) is 18.8. The van der Waals surface area contributed by atoms with Crippen molar-refractivity contribution in [2.45, 2.75) is 38.6 Å². The molecule has 116 valence electrons. The Morgan fingerprint density at radius 3 is 3.05 bits per heavy atom. The highest BCUT2D eigenvalue weighted by Gasteiger charge is 2.30. The lowest BCUT2D eigenvalue weighted by atomic mass is 10.1. The molecule has 0 unspecified atom stereocenters. The van der Waals surface area contributed by atoms with Crippen LogP contribution in [0, 0.1) is 6.92 Å². The average molecular weight is 301 g/mol. The minimum absolute atomic E-state index is 0.142. The quantitative estimate of drug-likeness (QED) is 0.922. The van der Waals surface area contributed by atoms with Gasteiger partial charge in [-0.1, -0.05) is 18.0 Å². The number of anilines is 1. The fraction of sp³-hybridized carbons (Fsp3) is 0.467. The molecule has 7 heteroatoms. The van der Waals surface area contributed by atoms with E-state index in [1.54, 1.807) is 30.3 Å². The number of nitrogens with one attached hydrogen (secondary N) is 1. The van der Waals surface area contributed by atoms with Crippen molar-refractivity contribution in [1.82, 2.24) is 20.0 Å². The van der Waals surface area contributed by atoms with Gasteiger partial charge >= 0.3 is 6.03 Å². The van der Waals surface area contributed by atoms with Gasteiger partial charge in [0.05, 0.1) is 17.9 Å². The Bertz CT molecular complexity index is 628.